The van der Waals surface area contributed by atoms with Crippen molar-refractivity contribution in [2.24, 2.45) is 5.11 Å². The molecule has 152 valence electrons. The standard InChI is InChI=1S/C16H16N6O6S/c1-2-14(29)28-8-11(21-12(23)6-7-13(21)24)18-16(25)9-4-3-5-10(19-20-17)15(9)22(26)27/h3-5,11H,2,6-8H2,1H3,(H,18,25). The molecule has 1 saturated heterocycles. The maximum absolute atomic E-state index is 12.7. The van der Waals surface area contributed by atoms with Gasteiger partial charge in [-0.25, -0.2) is 0 Å². The Morgan fingerprint density at radius 2 is 2.10 bits per heavy atom. The van der Waals surface area contributed by atoms with Crippen LogP contribution in [0.3, 0.4) is 0 Å². The number of nitrogens with one attached hydrogen (secondary N) is 1. The largest absolute Gasteiger partial charge is 0.483 e. The topological polar surface area (TPSA) is 168 Å². The zero-order chi connectivity index (χ0) is 21.6. The van der Waals surface area contributed by atoms with Crippen LogP contribution < -0.4 is 5.32 Å². The van der Waals surface area contributed by atoms with Crippen molar-refractivity contribution in [3.8, 4) is 0 Å². The Morgan fingerprint density at radius 3 is 2.66 bits per heavy atom. The predicted molar refractivity (Wildman–Crippen MR) is 103 cm³/mol. The molecule has 1 aliphatic heterocycles. The predicted octanol–water partition coefficient (Wildman–Crippen LogP) is 2.50. The summed E-state index contributed by atoms with van der Waals surface area (Å²) in [5, 5.41) is 17.2. The van der Waals surface area contributed by atoms with E-state index >= 15 is 0 Å². The summed E-state index contributed by atoms with van der Waals surface area (Å²) in [4.78, 5) is 50.8. The molecule has 0 radical (unpaired) electrons. The molecule has 12 nitrogen and oxygen atoms in total. The van der Waals surface area contributed by atoms with Gasteiger partial charge in [0.1, 0.15) is 24.0 Å². The minimum Gasteiger partial charge on any atom is -0.483 e. The molecule has 0 bridgehead atoms. The number of hydrogen-bond acceptors (Lipinski definition) is 8. The second-order valence-electron chi connectivity index (χ2n) is 5.80. The number of para-hydroxylation sites is 1. The summed E-state index contributed by atoms with van der Waals surface area (Å²) >= 11 is 4.96. The third kappa shape index (κ3) is 5.03. The molecule has 3 amide bonds. The monoisotopic (exact) mass is 420 g/mol. The lowest BCUT2D eigenvalue weighted by molar-refractivity contribution is -0.384. The number of ether oxygens (including phenoxy) is 1. The maximum Gasteiger partial charge on any atom is 0.291 e. The second kappa shape index (κ2) is 9.57. The summed E-state index contributed by atoms with van der Waals surface area (Å²) < 4.78 is 5.31. The van der Waals surface area contributed by atoms with Crippen molar-refractivity contribution in [2.75, 3.05) is 6.61 Å². The van der Waals surface area contributed by atoms with Crippen LogP contribution in [0.1, 0.15) is 36.5 Å². The van der Waals surface area contributed by atoms with Crippen molar-refractivity contribution in [1.29, 1.82) is 0 Å². The van der Waals surface area contributed by atoms with Gasteiger partial charge in [-0.15, -0.1) is 0 Å². The average molecular weight is 420 g/mol. The Bertz CT molecular complexity index is 912. The molecule has 1 aromatic carbocycles. The number of rotatable bonds is 8. The molecule has 0 aliphatic carbocycles. The molecule has 2 rings (SSSR count). The number of carbonyl (C=O) groups excluding carboxylic acids is 3. The van der Waals surface area contributed by atoms with E-state index in [0.717, 1.165) is 11.0 Å². The summed E-state index contributed by atoms with van der Waals surface area (Å²) in [5.74, 6) is -1.97. The molecule has 0 saturated carbocycles. The van der Waals surface area contributed by atoms with Gasteiger partial charge >= 0.3 is 0 Å². The molecular weight excluding hydrogens is 404 g/mol. The number of amides is 3. The Morgan fingerprint density at radius 1 is 1.45 bits per heavy atom. The van der Waals surface area contributed by atoms with E-state index in [-0.39, 0.29) is 30.2 Å². The molecule has 1 N–H and O–H groups in total. The van der Waals surface area contributed by atoms with Crippen molar-refractivity contribution in [3.05, 3.63) is 44.3 Å². The van der Waals surface area contributed by atoms with Crippen LogP contribution in [0, 0.1) is 10.1 Å². The van der Waals surface area contributed by atoms with E-state index < -0.39 is 40.1 Å². The highest BCUT2D eigenvalue weighted by atomic mass is 32.1. The number of thiocarbonyl (C=S) groups is 1. The minimum atomic E-state index is -1.21. The molecule has 1 fully saturated rings. The van der Waals surface area contributed by atoms with Gasteiger partial charge in [-0.2, -0.15) is 0 Å². The maximum atomic E-state index is 12.7. The highest BCUT2D eigenvalue weighted by Crippen LogP contribution is 2.31. The van der Waals surface area contributed by atoms with Crippen molar-refractivity contribution >= 4 is 46.4 Å². The first-order chi connectivity index (χ1) is 13.8. The van der Waals surface area contributed by atoms with Crippen LogP contribution in [-0.2, 0) is 14.3 Å². The third-order valence-electron chi connectivity index (χ3n) is 3.98. The summed E-state index contributed by atoms with van der Waals surface area (Å²) in [6.07, 6.45) is -0.846. The first-order valence-corrected chi connectivity index (χ1v) is 8.84. The van der Waals surface area contributed by atoms with E-state index in [1.807, 2.05) is 0 Å². The normalized spacial score (nSPS) is 14.2. The van der Waals surface area contributed by atoms with E-state index in [1.165, 1.54) is 12.1 Å². The van der Waals surface area contributed by atoms with Gasteiger partial charge in [0.15, 0.2) is 5.05 Å². The highest BCUT2D eigenvalue weighted by molar-refractivity contribution is 7.80. The summed E-state index contributed by atoms with van der Waals surface area (Å²) in [6, 6.07) is 3.64. The number of hydrogen-bond donors (Lipinski definition) is 1. The number of nitro groups is 1. The lowest BCUT2D eigenvalue weighted by Gasteiger charge is -2.27. The van der Waals surface area contributed by atoms with Crippen LogP contribution >= 0.6 is 12.2 Å². The van der Waals surface area contributed by atoms with Gasteiger partial charge in [-0.3, -0.25) is 29.4 Å². The zero-order valence-electron chi connectivity index (χ0n) is 15.2. The fraction of sp³-hybridized carbons (Fsp3) is 0.375. The summed E-state index contributed by atoms with van der Waals surface area (Å²) in [6.45, 7) is 1.44. The Balaban J connectivity index is 2.36. The van der Waals surface area contributed by atoms with Crippen molar-refractivity contribution in [3.63, 3.8) is 0 Å². The lowest BCUT2D eigenvalue weighted by atomic mass is 10.1. The first kappa shape index (κ1) is 21.7. The Labute approximate surface area is 169 Å². The number of likely N-dealkylation sites (tertiary alicyclic amines) is 1. The third-order valence-corrected chi connectivity index (χ3v) is 4.39. The Hall–Kier alpha value is -3.57. The quantitative estimate of drug-likeness (QED) is 0.128. The average Bonchev–Trinajstić information content (AvgIpc) is 3.02. The molecule has 0 spiro atoms. The number of nitrogens with zero attached hydrogens (tertiary/aromatic N) is 5. The second-order valence-corrected chi connectivity index (χ2v) is 6.26. The van der Waals surface area contributed by atoms with E-state index in [0.29, 0.717) is 6.42 Å². The van der Waals surface area contributed by atoms with Crippen LogP contribution in [0.4, 0.5) is 11.4 Å². The van der Waals surface area contributed by atoms with Crippen LogP contribution in [0.15, 0.2) is 23.3 Å². The SMILES string of the molecule is CCC(=S)OCC(NC(=O)c1cccc(N=[N+]=[N-])c1[N+](=O)[O-])N1C(=O)CCC1=O. The van der Waals surface area contributed by atoms with E-state index in [4.69, 9.17) is 22.5 Å². The van der Waals surface area contributed by atoms with Gasteiger partial charge in [-0.1, -0.05) is 18.1 Å². The minimum absolute atomic E-state index is 0.0179. The zero-order valence-corrected chi connectivity index (χ0v) is 16.0. The van der Waals surface area contributed by atoms with E-state index in [1.54, 1.807) is 6.92 Å². The number of benzene rings is 1. The number of nitro benzene ring substituents is 1. The fourth-order valence-electron chi connectivity index (χ4n) is 2.66. The van der Waals surface area contributed by atoms with Gasteiger partial charge in [0.2, 0.25) is 11.8 Å². The fourth-order valence-corrected chi connectivity index (χ4v) is 2.73. The van der Waals surface area contributed by atoms with Gasteiger partial charge in [-0.05, 0) is 29.9 Å². The van der Waals surface area contributed by atoms with Crippen LogP contribution in [-0.4, -0.2) is 45.4 Å². The van der Waals surface area contributed by atoms with Gasteiger partial charge in [0.05, 0.1) is 4.92 Å². The van der Waals surface area contributed by atoms with E-state index in [2.05, 4.69) is 15.3 Å². The van der Waals surface area contributed by atoms with Gasteiger partial charge < -0.3 is 10.1 Å². The number of imide groups is 1. The van der Waals surface area contributed by atoms with E-state index in [9.17, 15) is 24.5 Å². The number of carbonyl (C=O) groups is 3. The van der Waals surface area contributed by atoms with Crippen molar-refractivity contribution in [2.45, 2.75) is 32.4 Å². The molecular formula is C16H16N6O6S. The lowest BCUT2D eigenvalue weighted by Crippen LogP contribution is -2.53. The molecule has 1 aliphatic rings. The number of azide groups is 1. The van der Waals surface area contributed by atoms with Crippen LogP contribution in [0.25, 0.3) is 10.4 Å². The highest BCUT2D eigenvalue weighted by Gasteiger charge is 2.37. The van der Waals surface area contributed by atoms with Crippen LogP contribution in [0.2, 0.25) is 0 Å². The molecule has 13 heteroatoms. The van der Waals surface area contributed by atoms with Gasteiger partial charge in [0, 0.05) is 24.2 Å². The summed E-state index contributed by atoms with van der Waals surface area (Å²) in [7, 11) is 0. The van der Waals surface area contributed by atoms with Crippen LogP contribution in [0.5, 0.6) is 0 Å². The van der Waals surface area contributed by atoms with Crippen molar-refractivity contribution in [1.82, 2.24) is 10.2 Å². The Kier molecular flexibility index (Phi) is 7.17. The van der Waals surface area contributed by atoms with Gasteiger partial charge in [0.25, 0.3) is 11.6 Å². The molecule has 29 heavy (non-hydrogen) atoms. The molecule has 1 aromatic rings. The molecule has 1 heterocycles. The molecule has 1 atom stereocenters. The summed E-state index contributed by atoms with van der Waals surface area (Å²) in [5.41, 5.74) is 7.12. The smallest absolute Gasteiger partial charge is 0.291 e. The van der Waals surface area contributed by atoms with Crippen molar-refractivity contribution < 1.29 is 24.0 Å². The molecule has 1 unspecified atom stereocenters. The first-order valence-electron chi connectivity index (χ1n) is 8.44. The molecule has 0 aromatic heterocycles.